The standard InChI is InChI=1S/C15H20F2N2O/c1-10-6-7-12(16)13(14(10)17)15(20)19(2)9-11-5-3-4-8-18-11/h6-7,11,18H,3-5,8-9H2,1-2H3. The molecule has 1 aliphatic heterocycles. The van der Waals surface area contributed by atoms with Crippen LogP contribution in [0.25, 0.3) is 0 Å². The number of carbonyl (C=O) groups is 1. The molecule has 1 aromatic rings. The fourth-order valence-corrected chi connectivity index (χ4v) is 2.54. The van der Waals surface area contributed by atoms with Crippen LogP contribution in [0.15, 0.2) is 12.1 Å². The predicted octanol–water partition coefficient (Wildman–Crippen LogP) is 2.49. The van der Waals surface area contributed by atoms with E-state index >= 15 is 0 Å². The van der Waals surface area contributed by atoms with Crippen molar-refractivity contribution < 1.29 is 13.6 Å². The Morgan fingerprint density at radius 3 is 2.80 bits per heavy atom. The van der Waals surface area contributed by atoms with Gasteiger partial charge >= 0.3 is 0 Å². The van der Waals surface area contributed by atoms with E-state index in [-0.39, 0.29) is 11.6 Å². The van der Waals surface area contributed by atoms with Gasteiger partial charge < -0.3 is 10.2 Å². The van der Waals surface area contributed by atoms with Crippen LogP contribution in [0, 0.1) is 18.6 Å². The monoisotopic (exact) mass is 282 g/mol. The minimum atomic E-state index is -0.804. The number of amides is 1. The molecule has 0 radical (unpaired) electrons. The maximum Gasteiger partial charge on any atom is 0.259 e. The Kier molecular flexibility index (Phi) is 4.70. The highest BCUT2D eigenvalue weighted by molar-refractivity contribution is 5.94. The van der Waals surface area contributed by atoms with E-state index in [1.165, 1.54) is 17.9 Å². The average Bonchev–Trinajstić information content (AvgIpc) is 2.44. The first-order valence-electron chi connectivity index (χ1n) is 6.94. The number of carbonyl (C=O) groups excluding carboxylic acids is 1. The number of nitrogens with zero attached hydrogens (tertiary/aromatic N) is 1. The summed E-state index contributed by atoms with van der Waals surface area (Å²) in [4.78, 5) is 13.6. The molecule has 2 rings (SSSR count). The van der Waals surface area contributed by atoms with Crippen molar-refractivity contribution in [3.05, 3.63) is 34.9 Å². The third-order valence-corrected chi connectivity index (χ3v) is 3.75. The van der Waals surface area contributed by atoms with Crippen LogP contribution in [-0.4, -0.2) is 37.0 Å². The van der Waals surface area contributed by atoms with E-state index in [2.05, 4.69) is 5.32 Å². The van der Waals surface area contributed by atoms with Crippen molar-refractivity contribution in [3.63, 3.8) is 0 Å². The largest absolute Gasteiger partial charge is 0.340 e. The lowest BCUT2D eigenvalue weighted by atomic mass is 10.0. The molecule has 3 nitrogen and oxygen atoms in total. The highest BCUT2D eigenvalue weighted by Crippen LogP contribution is 2.18. The first kappa shape index (κ1) is 14.9. The maximum atomic E-state index is 13.9. The normalized spacial score (nSPS) is 18.9. The molecule has 0 saturated carbocycles. The van der Waals surface area contributed by atoms with Crippen molar-refractivity contribution in [2.45, 2.75) is 32.2 Å². The van der Waals surface area contributed by atoms with Gasteiger partial charge in [-0.15, -0.1) is 0 Å². The molecule has 1 aromatic carbocycles. The average molecular weight is 282 g/mol. The Balaban J connectivity index is 2.12. The molecule has 1 atom stereocenters. The fourth-order valence-electron chi connectivity index (χ4n) is 2.54. The quantitative estimate of drug-likeness (QED) is 0.924. The van der Waals surface area contributed by atoms with Gasteiger partial charge in [-0.05, 0) is 37.9 Å². The first-order valence-corrected chi connectivity index (χ1v) is 6.94. The van der Waals surface area contributed by atoms with Crippen molar-refractivity contribution in [2.75, 3.05) is 20.1 Å². The minimum absolute atomic E-state index is 0.202. The molecule has 1 aliphatic rings. The van der Waals surface area contributed by atoms with Gasteiger partial charge in [0.25, 0.3) is 5.91 Å². The second kappa shape index (κ2) is 6.31. The summed E-state index contributed by atoms with van der Waals surface area (Å²) in [5.41, 5.74) is -0.178. The van der Waals surface area contributed by atoms with Crippen molar-refractivity contribution in [1.82, 2.24) is 10.2 Å². The van der Waals surface area contributed by atoms with E-state index in [1.54, 1.807) is 7.05 Å². The summed E-state index contributed by atoms with van der Waals surface area (Å²) >= 11 is 0. The summed E-state index contributed by atoms with van der Waals surface area (Å²) in [6.45, 7) is 2.92. The van der Waals surface area contributed by atoms with Crippen molar-refractivity contribution >= 4 is 5.91 Å². The number of benzene rings is 1. The summed E-state index contributed by atoms with van der Waals surface area (Å²) in [5.74, 6) is -2.17. The van der Waals surface area contributed by atoms with Crippen LogP contribution in [0.5, 0.6) is 0 Å². The molecule has 0 spiro atoms. The molecule has 1 fully saturated rings. The topological polar surface area (TPSA) is 32.3 Å². The lowest BCUT2D eigenvalue weighted by Gasteiger charge is -2.28. The molecule has 1 saturated heterocycles. The number of aryl methyl sites for hydroxylation is 1. The van der Waals surface area contributed by atoms with Crippen LogP contribution < -0.4 is 5.32 Å². The van der Waals surface area contributed by atoms with E-state index in [9.17, 15) is 13.6 Å². The van der Waals surface area contributed by atoms with Gasteiger partial charge in [0.2, 0.25) is 0 Å². The van der Waals surface area contributed by atoms with E-state index in [1.807, 2.05) is 0 Å². The fraction of sp³-hybridized carbons (Fsp3) is 0.533. The lowest BCUT2D eigenvalue weighted by molar-refractivity contribution is 0.0765. The van der Waals surface area contributed by atoms with Crippen LogP contribution in [0.2, 0.25) is 0 Å². The molecular weight excluding hydrogens is 262 g/mol. The molecule has 110 valence electrons. The van der Waals surface area contributed by atoms with Crippen LogP contribution in [0.4, 0.5) is 8.78 Å². The number of halogens is 2. The number of hydrogen-bond acceptors (Lipinski definition) is 2. The summed E-state index contributed by atoms with van der Waals surface area (Å²) in [7, 11) is 1.58. The molecule has 0 aromatic heterocycles. The van der Waals surface area contributed by atoms with Gasteiger partial charge in [-0.25, -0.2) is 8.78 Å². The Bertz CT molecular complexity index is 499. The SMILES string of the molecule is Cc1ccc(F)c(C(=O)N(C)CC2CCCCN2)c1F. The molecule has 1 amide bonds. The summed E-state index contributed by atoms with van der Waals surface area (Å²) in [5, 5.41) is 3.32. The highest BCUT2D eigenvalue weighted by atomic mass is 19.1. The van der Waals surface area contributed by atoms with Crippen LogP contribution >= 0.6 is 0 Å². The number of hydrogen-bond donors (Lipinski definition) is 1. The summed E-state index contributed by atoms with van der Waals surface area (Å²) < 4.78 is 27.7. The van der Waals surface area contributed by atoms with Crippen LogP contribution in [0.1, 0.15) is 35.2 Å². The van der Waals surface area contributed by atoms with Crippen molar-refractivity contribution in [1.29, 1.82) is 0 Å². The number of rotatable bonds is 3. The van der Waals surface area contributed by atoms with Gasteiger partial charge in [-0.3, -0.25) is 4.79 Å². The van der Waals surface area contributed by atoms with Gasteiger partial charge in [0, 0.05) is 19.6 Å². The molecular formula is C15H20F2N2O. The van der Waals surface area contributed by atoms with Crippen molar-refractivity contribution in [2.24, 2.45) is 0 Å². The molecule has 1 N–H and O–H groups in total. The summed E-state index contributed by atoms with van der Waals surface area (Å²) in [6, 6.07) is 2.68. The zero-order valence-electron chi connectivity index (χ0n) is 11.9. The third kappa shape index (κ3) is 3.15. The molecule has 1 unspecified atom stereocenters. The van der Waals surface area contributed by atoms with Gasteiger partial charge in [-0.1, -0.05) is 12.5 Å². The molecule has 20 heavy (non-hydrogen) atoms. The number of piperidine rings is 1. The number of nitrogens with one attached hydrogen (secondary N) is 1. The van der Waals surface area contributed by atoms with Gasteiger partial charge in [-0.2, -0.15) is 0 Å². The van der Waals surface area contributed by atoms with E-state index in [4.69, 9.17) is 0 Å². The predicted molar refractivity (Wildman–Crippen MR) is 73.7 cm³/mol. The number of likely N-dealkylation sites (N-methyl/N-ethyl adjacent to an activating group) is 1. The second-order valence-electron chi connectivity index (χ2n) is 5.39. The second-order valence-corrected chi connectivity index (χ2v) is 5.39. The molecule has 0 bridgehead atoms. The minimum Gasteiger partial charge on any atom is -0.340 e. The first-order chi connectivity index (χ1) is 9.50. The zero-order valence-corrected chi connectivity index (χ0v) is 11.9. The highest BCUT2D eigenvalue weighted by Gasteiger charge is 2.24. The van der Waals surface area contributed by atoms with Gasteiger partial charge in [0.05, 0.1) is 0 Å². The lowest BCUT2D eigenvalue weighted by Crippen LogP contribution is -2.44. The van der Waals surface area contributed by atoms with Gasteiger partial charge in [0.1, 0.15) is 17.2 Å². The summed E-state index contributed by atoms with van der Waals surface area (Å²) in [6.07, 6.45) is 3.23. The Morgan fingerprint density at radius 2 is 2.15 bits per heavy atom. The van der Waals surface area contributed by atoms with Crippen molar-refractivity contribution in [3.8, 4) is 0 Å². The molecule has 0 aliphatic carbocycles. The Morgan fingerprint density at radius 1 is 1.40 bits per heavy atom. The third-order valence-electron chi connectivity index (χ3n) is 3.75. The Hall–Kier alpha value is -1.49. The van der Waals surface area contributed by atoms with Gasteiger partial charge in [0.15, 0.2) is 0 Å². The molecule has 5 heteroatoms. The van der Waals surface area contributed by atoms with Crippen LogP contribution in [0.3, 0.4) is 0 Å². The van der Waals surface area contributed by atoms with E-state index in [0.29, 0.717) is 6.54 Å². The smallest absolute Gasteiger partial charge is 0.259 e. The van der Waals surface area contributed by atoms with E-state index in [0.717, 1.165) is 31.9 Å². The maximum absolute atomic E-state index is 13.9. The van der Waals surface area contributed by atoms with E-state index < -0.39 is 23.1 Å². The molecule has 1 heterocycles. The zero-order chi connectivity index (χ0) is 14.7. The Labute approximate surface area is 118 Å². The van der Waals surface area contributed by atoms with Crippen LogP contribution in [-0.2, 0) is 0 Å².